The van der Waals surface area contributed by atoms with E-state index in [0.29, 0.717) is 67.0 Å². The Morgan fingerprint density at radius 2 is 1.77 bits per heavy atom. The number of ether oxygens (including phenoxy) is 2. The van der Waals surface area contributed by atoms with E-state index in [2.05, 4.69) is 47.3 Å². The molecular formula is C54H65FN6O8S2. The molecule has 0 saturated carbocycles. The van der Waals surface area contributed by atoms with Crippen LogP contribution in [0.5, 0.6) is 11.5 Å². The standard InChI is InChI=1S/C29H41N3O5S2.C25H24FN3O3/c1-5-31(9-8-30(4)10-12-38-39-13-11-37-20-33)17-22-6-7-23-18-32(19-24(23)14-22)29(36)26-15-25(21(2)3)27(34)16-28(26)35;1-4-12-14-7-20-23-15(9-29(20)24(30)16(14)10-32-25(12)31)22-18(27-3)6-5-13-11(2)17(26)8-19(28-23)21(13)22/h6-7,14-16,20-21,34-35H,5,8-13,17-19H2,1-4H3;7-8,12,18,27H,4-6,9-10H2,1-3H3. The number of phenolic OH excluding ortho intramolecular Hbond substituents is 2. The summed E-state index contributed by atoms with van der Waals surface area (Å²) in [7, 11) is 7.61. The van der Waals surface area contributed by atoms with Crippen LogP contribution in [0.4, 0.5) is 4.39 Å². The van der Waals surface area contributed by atoms with Gasteiger partial charge in [0.25, 0.3) is 17.9 Å². The smallest absolute Gasteiger partial charge is 0.313 e. The van der Waals surface area contributed by atoms with Crippen molar-refractivity contribution in [2.75, 3.05) is 58.4 Å². The van der Waals surface area contributed by atoms with Crippen molar-refractivity contribution in [3.05, 3.63) is 120 Å². The van der Waals surface area contributed by atoms with E-state index in [1.807, 2.05) is 40.8 Å². The second-order valence-corrected chi connectivity index (χ2v) is 21.8. The van der Waals surface area contributed by atoms with Crippen LogP contribution >= 0.6 is 21.6 Å². The van der Waals surface area contributed by atoms with E-state index in [9.17, 15) is 33.8 Å². The number of pyridine rings is 2. The number of fused-ring (bicyclic) bond motifs is 6. The molecule has 0 fully saturated rings. The van der Waals surface area contributed by atoms with Crippen molar-refractivity contribution in [2.45, 2.75) is 105 Å². The summed E-state index contributed by atoms with van der Waals surface area (Å²) < 4.78 is 26.5. The van der Waals surface area contributed by atoms with Gasteiger partial charge in [-0.3, -0.25) is 24.1 Å². The van der Waals surface area contributed by atoms with Gasteiger partial charge in [0.05, 0.1) is 40.5 Å². The van der Waals surface area contributed by atoms with Gasteiger partial charge in [0, 0.05) is 79.9 Å². The molecule has 1 aliphatic carbocycles. The van der Waals surface area contributed by atoms with Crippen LogP contribution in [0.2, 0.25) is 0 Å². The van der Waals surface area contributed by atoms with Gasteiger partial charge in [-0.15, -0.1) is 0 Å². The molecule has 3 N–H and O–H groups in total. The number of phenols is 2. The average molecular weight is 1010 g/mol. The first-order valence-electron chi connectivity index (χ1n) is 24.6. The number of hydrogen-bond donors (Lipinski definition) is 3. The maximum Gasteiger partial charge on any atom is 0.313 e. The molecule has 0 bridgehead atoms. The molecule has 17 heteroatoms. The van der Waals surface area contributed by atoms with Gasteiger partial charge >= 0.3 is 5.97 Å². The third-order valence-electron chi connectivity index (χ3n) is 14.5. The van der Waals surface area contributed by atoms with E-state index in [0.717, 1.165) is 102 Å². The number of amides is 1. The van der Waals surface area contributed by atoms with Crippen LogP contribution in [0, 0.1) is 12.7 Å². The number of benzene rings is 3. The number of likely N-dealkylation sites (N-methyl/N-ethyl adjacent to an activating group) is 2. The monoisotopic (exact) mass is 1010 g/mol. The Balaban J connectivity index is 0.000000193. The van der Waals surface area contributed by atoms with Gasteiger partial charge in [0.1, 0.15) is 30.5 Å². The van der Waals surface area contributed by atoms with Crippen LogP contribution in [-0.2, 0) is 58.3 Å². The zero-order valence-corrected chi connectivity index (χ0v) is 43.4. The molecule has 3 aromatic carbocycles. The molecule has 2 atom stereocenters. The summed E-state index contributed by atoms with van der Waals surface area (Å²) in [4.78, 5) is 60.6. The highest BCUT2D eigenvalue weighted by molar-refractivity contribution is 8.76. The van der Waals surface area contributed by atoms with Crippen molar-refractivity contribution in [3.63, 3.8) is 0 Å². The molecule has 2 aromatic heterocycles. The number of nitrogens with zero attached hydrogens (tertiary/aromatic N) is 5. The predicted octanol–water partition coefficient (Wildman–Crippen LogP) is 8.32. The number of aromatic nitrogens is 2. The van der Waals surface area contributed by atoms with E-state index in [-0.39, 0.29) is 58.9 Å². The lowest BCUT2D eigenvalue weighted by Gasteiger charge is -2.28. The fourth-order valence-corrected chi connectivity index (χ4v) is 12.3. The maximum atomic E-state index is 14.7. The van der Waals surface area contributed by atoms with Gasteiger partial charge in [-0.25, -0.2) is 9.37 Å². The van der Waals surface area contributed by atoms with Crippen molar-refractivity contribution in [2.24, 2.45) is 0 Å². The second kappa shape index (κ2) is 22.5. The highest BCUT2D eigenvalue weighted by Crippen LogP contribution is 2.45. The number of hydrogen-bond acceptors (Lipinski definition) is 14. The summed E-state index contributed by atoms with van der Waals surface area (Å²) in [5.74, 6) is 0.476. The normalized spacial score (nSPS) is 16.4. The van der Waals surface area contributed by atoms with Crippen molar-refractivity contribution < 1.29 is 38.5 Å². The minimum Gasteiger partial charge on any atom is -0.508 e. The number of carbonyl (C=O) groups is 3. The van der Waals surface area contributed by atoms with Crippen LogP contribution in [0.25, 0.3) is 22.3 Å². The first kappa shape index (κ1) is 51.9. The largest absolute Gasteiger partial charge is 0.508 e. The number of nitrogens with one attached hydrogen (secondary N) is 1. The van der Waals surface area contributed by atoms with Crippen molar-refractivity contribution in [3.8, 4) is 22.9 Å². The Hall–Kier alpha value is -5.46. The molecule has 0 saturated heterocycles. The van der Waals surface area contributed by atoms with Crippen LogP contribution in [-0.4, -0.2) is 111 Å². The minimum absolute atomic E-state index is 0.0100. The fraction of sp³-hybridized carbons (Fsp3) is 0.463. The lowest BCUT2D eigenvalue weighted by Crippen LogP contribution is -2.33. The fourth-order valence-electron chi connectivity index (χ4n) is 10.4. The number of carbonyl (C=O) groups excluding carboxylic acids is 3. The van der Waals surface area contributed by atoms with Gasteiger partial charge in [0.2, 0.25) is 0 Å². The third kappa shape index (κ3) is 10.7. The van der Waals surface area contributed by atoms with Crippen LogP contribution < -0.4 is 10.9 Å². The summed E-state index contributed by atoms with van der Waals surface area (Å²) in [6.45, 7) is 17.0. The summed E-state index contributed by atoms with van der Waals surface area (Å²) in [5.41, 5.74) is 11.4. The molecule has 5 aromatic rings. The van der Waals surface area contributed by atoms with E-state index < -0.39 is 5.92 Å². The molecule has 71 heavy (non-hydrogen) atoms. The van der Waals surface area contributed by atoms with E-state index in [4.69, 9.17) is 14.5 Å². The Labute approximate surface area is 422 Å². The number of esters is 1. The Bertz CT molecular complexity index is 2910. The van der Waals surface area contributed by atoms with Gasteiger partial charge in [-0.05, 0) is 109 Å². The highest BCUT2D eigenvalue weighted by atomic mass is 33.1. The topological polar surface area (TPSA) is 167 Å². The molecule has 4 aliphatic rings. The van der Waals surface area contributed by atoms with Crippen molar-refractivity contribution in [1.82, 2.24) is 29.6 Å². The van der Waals surface area contributed by atoms with Gasteiger partial charge in [-0.1, -0.05) is 67.5 Å². The number of halogens is 1. The van der Waals surface area contributed by atoms with Crippen molar-refractivity contribution in [1.29, 1.82) is 0 Å². The van der Waals surface area contributed by atoms with Gasteiger partial charge < -0.3 is 39.4 Å². The number of aryl methyl sites for hydroxylation is 1. The first-order chi connectivity index (χ1) is 34.2. The van der Waals surface area contributed by atoms with Crippen LogP contribution in [0.1, 0.15) is 124 Å². The Morgan fingerprint density at radius 3 is 2.51 bits per heavy atom. The van der Waals surface area contributed by atoms with Crippen LogP contribution in [0.15, 0.2) is 47.3 Å². The number of cyclic esters (lactones) is 1. The number of aromatic hydroxyl groups is 2. The Kier molecular flexibility index (Phi) is 16.5. The van der Waals surface area contributed by atoms with Crippen LogP contribution in [0.3, 0.4) is 0 Å². The maximum absolute atomic E-state index is 14.7. The first-order valence-corrected chi connectivity index (χ1v) is 27.1. The molecule has 14 nitrogen and oxygen atoms in total. The summed E-state index contributed by atoms with van der Waals surface area (Å²) in [6.07, 6.45) is 2.22. The molecule has 3 aliphatic heterocycles. The predicted molar refractivity (Wildman–Crippen MR) is 277 cm³/mol. The molecule has 0 radical (unpaired) electrons. The average Bonchev–Trinajstić information content (AvgIpc) is 3.95. The van der Waals surface area contributed by atoms with E-state index in [1.54, 1.807) is 37.1 Å². The SMILES string of the molecule is CCC1C(=O)OCc2c1cc1n(c2=O)Cc2c-1nc1cc(F)c(C)c3c1c2C(NC)CC3.CCN(CCN(C)CCSSCCOC=O)Cc1ccc2c(c1)CN(C(=O)c1cc(C(C)C)c(O)cc1O)C2. The third-order valence-corrected chi connectivity index (χ3v) is 16.8. The summed E-state index contributed by atoms with van der Waals surface area (Å²) in [5, 5.41) is 24.9. The summed E-state index contributed by atoms with van der Waals surface area (Å²) in [6, 6.07) is 12.9. The lowest BCUT2D eigenvalue weighted by atomic mass is 9.82. The zero-order valence-electron chi connectivity index (χ0n) is 41.7. The summed E-state index contributed by atoms with van der Waals surface area (Å²) >= 11 is 0. The van der Waals surface area contributed by atoms with Crippen molar-refractivity contribution >= 4 is 50.8 Å². The van der Waals surface area contributed by atoms with E-state index in [1.165, 1.54) is 17.7 Å². The number of rotatable bonds is 18. The molecule has 1 amide bonds. The van der Waals surface area contributed by atoms with Gasteiger partial charge in [0.15, 0.2) is 0 Å². The molecule has 0 spiro atoms. The lowest BCUT2D eigenvalue weighted by molar-refractivity contribution is -0.148. The second-order valence-electron chi connectivity index (χ2n) is 19.1. The molecule has 2 unspecified atom stereocenters. The highest BCUT2D eigenvalue weighted by Gasteiger charge is 2.37. The quantitative estimate of drug-likeness (QED) is 0.0326. The minimum atomic E-state index is -0.447. The molecular weight excluding hydrogens is 944 g/mol. The zero-order chi connectivity index (χ0) is 50.7. The Morgan fingerprint density at radius 1 is 1.00 bits per heavy atom. The molecule has 5 heterocycles. The van der Waals surface area contributed by atoms with E-state index >= 15 is 0 Å². The molecule has 378 valence electrons. The molecule has 9 rings (SSSR count). The van der Waals surface area contributed by atoms with Gasteiger partial charge in [-0.2, -0.15) is 0 Å².